The van der Waals surface area contributed by atoms with Gasteiger partial charge in [-0.05, 0) is 42.7 Å². The number of rotatable bonds is 4. The SMILES string of the molecule is CC(C(=O)N1CCc2ccccc2C1)N(c1cc(Cl)ccc1Cl)S(C)(=O)=O. The van der Waals surface area contributed by atoms with Crippen molar-refractivity contribution in [3.63, 3.8) is 0 Å². The van der Waals surface area contributed by atoms with Crippen LogP contribution in [0.5, 0.6) is 0 Å². The molecule has 8 heteroatoms. The number of carbonyl (C=O) groups excluding carboxylic acids is 1. The molecule has 2 aromatic rings. The van der Waals surface area contributed by atoms with Gasteiger partial charge >= 0.3 is 0 Å². The van der Waals surface area contributed by atoms with Crippen LogP contribution in [0, 0.1) is 0 Å². The topological polar surface area (TPSA) is 57.7 Å². The third kappa shape index (κ3) is 4.23. The number of nitrogens with zero attached hydrogens (tertiary/aromatic N) is 2. The van der Waals surface area contributed by atoms with Crippen molar-refractivity contribution in [2.24, 2.45) is 0 Å². The van der Waals surface area contributed by atoms with Crippen LogP contribution in [-0.4, -0.2) is 38.1 Å². The number of hydrogen-bond acceptors (Lipinski definition) is 3. The average Bonchev–Trinajstić information content (AvgIpc) is 2.62. The summed E-state index contributed by atoms with van der Waals surface area (Å²) in [5.41, 5.74) is 2.49. The van der Waals surface area contributed by atoms with Crippen LogP contribution in [0.1, 0.15) is 18.1 Å². The smallest absolute Gasteiger partial charge is 0.246 e. The van der Waals surface area contributed by atoms with Crippen LogP contribution < -0.4 is 4.31 Å². The van der Waals surface area contributed by atoms with Crippen LogP contribution >= 0.6 is 23.2 Å². The van der Waals surface area contributed by atoms with E-state index in [4.69, 9.17) is 23.2 Å². The minimum atomic E-state index is -3.76. The number of amides is 1. The Labute approximate surface area is 169 Å². The van der Waals surface area contributed by atoms with E-state index >= 15 is 0 Å². The largest absolute Gasteiger partial charge is 0.336 e. The maximum Gasteiger partial charge on any atom is 0.246 e. The molecule has 5 nitrogen and oxygen atoms in total. The summed E-state index contributed by atoms with van der Waals surface area (Å²) in [4.78, 5) is 14.8. The second kappa shape index (κ2) is 7.70. The number of carbonyl (C=O) groups is 1. The first-order valence-electron chi connectivity index (χ1n) is 8.48. The van der Waals surface area contributed by atoms with Crippen LogP contribution in [0.3, 0.4) is 0 Å². The standard InChI is InChI=1S/C19H20Cl2N2O3S/c1-13(19(24)22-10-9-14-5-3-4-6-15(14)12-22)23(27(2,25)26)18-11-16(20)7-8-17(18)21/h3-8,11,13H,9-10,12H2,1-2H3. The summed E-state index contributed by atoms with van der Waals surface area (Å²) >= 11 is 12.2. The Balaban J connectivity index is 1.92. The molecule has 0 N–H and O–H groups in total. The quantitative estimate of drug-likeness (QED) is 0.747. The van der Waals surface area contributed by atoms with Gasteiger partial charge in [-0.3, -0.25) is 9.10 Å². The van der Waals surface area contributed by atoms with E-state index in [9.17, 15) is 13.2 Å². The third-order valence-electron chi connectivity index (χ3n) is 4.65. The molecular weight excluding hydrogens is 407 g/mol. The molecule has 0 radical (unpaired) electrons. The number of anilines is 1. The van der Waals surface area contributed by atoms with Gasteiger partial charge in [0, 0.05) is 18.1 Å². The Hall–Kier alpha value is -1.76. The lowest BCUT2D eigenvalue weighted by molar-refractivity contribution is -0.132. The van der Waals surface area contributed by atoms with Gasteiger partial charge in [0.05, 0.1) is 17.0 Å². The first-order valence-corrected chi connectivity index (χ1v) is 11.1. The van der Waals surface area contributed by atoms with E-state index in [1.165, 1.54) is 17.7 Å². The first kappa shape index (κ1) is 20.0. The van der Waals surface area contributed by atoms with Crippen molar-refractivity contribution in [2.75, 3.05) is 17.1 Å². The lowest BCUT2D eigenvalue weighted by atomic mass is 9.99. The molecule has 2 aromatic carbocycles. The molecule has 144 valence electrons. The summed E-state index contributed by atoms with van der Waals surface area (Å²) in [5, 5.41) is 0.558. The van der Waals surface area contributed by atoms with Crippen LogP contribution in [-0.2, 0) is 27.8 Å². The van der Waals surface area contributed by atoms with Crippen LogP contribution in [0.4, 0.5) is 5.69 Å². The van der Waals surface area contributed by atoms with E-state index in [1.54, 1.807) is 17.9 Å². The van der Waals surface area contributed by atoms with Crippen molar-refractivity contribution in [3.8, 4) is 0 Å². The van der Waals surface area contributed by atoms with E-state index in [-0.39, 0.29) is 16.6 Å². The molecule has 1 aliphatic heterocycles. The fraction of sp³-hybridized carbons (Fsp3) is 0.316. The summed E-state index contributed by atoms with van der Waals surface area (Å²) in [6.45, 7) is 2.57. The highest BCUT2D eigenvalue weighted by atomic mass is 35.5. The summed E-state index contributed by atoms with van der Waals surface area (Å²) in [6, 6.07) is 11.6. The molecule has 0 aliphatic carbocycles. The van der Waals surface area contributed by atoms with E-state index in [0.29, 0.717) is 18.1 Å². The zero-order valence-electron chi connectivity index (χ0n) is 15.0. The highest BCUT2D eigenvalue weighted by Gasteiger charge is 2.34. The van der Waals surface area contributed by atoms with Gasteiger partial charge in [-0.1, -0.05) is 47.5 Å². The molecule has 1 heterocycles. The second-order valence-electron chi connectivity index (χ2n) is 6.61. The molecule has 1 amide bonds. The molecule has 0 fully saturated rings. The van der Waals surface area contributed by atoms with Gasteiger partial charge in [0.1, 0.15) is 6.04 Å². The van der Waals surface area contributed by atoms with Gasteiger partial charge in [0.15, 0.2) is 0 Å². The molecule has 0 bridgehead atoms. The van der Waals surface area contributed by atoms with Gasteiger partial charge in [-0.25, -0.2) is 8.42 Å². The Morgan fingerprint density at radius 2 is 1.81 bits per heavy atom. The minimum Gasteiger partial charge on any atom is -0.336 e. The molecule has 0 saturated heterocycles. The van der Waals surface area contributed by atoms with Crippen LogP contribution in [0.2, 0.25) is 10.0 Å². The molecule has 0 saturated carbocycles. The summed E-state index contributed by atoms with van der Waals surface area (Å²) in [6.07, 6.45) is 1.80. The maximum absolute atomic E-state index is 13.1. The third-order valence-corrected chi connectivity index (χ3v) is 6.44. The van der Waals surface area contributed by atoms with Gasteiger partial charge in [0.25, 0.3) is 0 Å². The van der Waals surface area contributed by atoms with Crippen LogP contribution in [0.25, 0.3) is 0 Å². The Morgan fingerprint density at radius 1 is 1.15 bits per heavy atom. The van der Waals surface area contributed by atoms with Gasteiger partial charge < -0.3 is 4.90 Å². The second-order valence-corrected chi connectivity index (χ2v) is 9.31. The molecule has 1 aliphatic rings. The first-order chi connectivity index (χ1) is 12.7. The molecule has 27 heavy (non-hydrogen) atoms. The number of sulfonamides is 1. The van der Waals surface area contributed by atoms with E-state index in [1.807, 2.05) is 18.2 Å². The Kier molecular flexibility index (Phi) is 5.70. The summed E-state index contributed by atoms with van der Waals surface area (Å²) < 4.78 is 26.0. The van der Waals surface area contributed by atoms with Gasteiger partial charge in [-0.2, -0.15) is 0 Å². The van der Waals surface area contributed by atoms with Gasteiger partial charge in [0.2, 0.25) is 15.9 Å². The maximum atomic E-state index is 13.1. The summed E-state index contributed by atoms with van der Waals surface area (Å²) in [5.74, 6) is -0.272. The lowest BCUT2D eigenvalue weighted by Gasteiger charge is -2.35. The molecule has 0 spiro atoms. The lowest BCUT2D eigenvalue weighted by Crippen LogP contribution is -2.50. The Morgan fingerprint density at radius 3 is 2.48 bits per heavy atom. The number of halogens is 2. The van der Waals surface area contributed by atoms with Crippen molar-refractivity contribution in [1.82, 2.24) is 4.90 Å². The van der Waals surface area contributed by atoms with Crippen LogP contribution in [0.15, 0.2) is 42.5 Å². The zero-order valence-corrected chi connectivity index (χ0v) is 17.4. The van der Waals surface area contributed by atoms with Gasteiger partial charge in [-0.15, -0.1) is 0 Å². The molecule has 1 unspecified atom stereocenters. The molecule has 1 atom stereocenters. The number of benzene rings is 2. The van der Waals surface area contributed by atoms with E-state index < -0.39 is 16.1 Å². The zero-order chi connectivity index (χ0) is 19.8. The fourth-order valence-electron chi connectivity index (χ4n) is 3.38. The minimum absolute atomic E-state index is 0.199. The van der Waals surface area contributed by atoms with E-state index in [2.05, 4.69) is 6.07 Å². The molecular formula is C19H20Cl2N2O3S. The van der Waals surface area contributed by atoms with Crippen molar-refractivity contribution in [2.45, 2.75) is 25.9 Å². The summed E-state index contributed by atoms with van der Waals surface area (Å²) in [7, 11) is -3.76. The highest BCUT2D eigenvalue weighted by molar-refractivity contribution is 7.92. The van der Waals surface area contributed by atoms with Crippen molar-refractivity contribution in [3.05, 3.63) is 63.6 Å². The number of hydrogen-bond donors (Lipinski definition) is 0. The monoisotopic (exact) mass is 426 g/mol. The Bertz CT molecular complexity index is 979. The van der Waals surface area contributed by atoms with Crippen molar-refractivity contribution in [1.29, 1.82) is 0 Å². The average molecular weight is 427 g/mol. The highest BCUT2D eigenvalue weighted by Crippen LogP contribution is 2.33. The van der Waals surface area contributed by atoms with Crippen molar-refractivity contribution < 1.29 is 13.2 Å². The predicted molar refractivity (Wildman–Crippen MR) is 109 cm³/mol. The normalized spacial score (nSPS) is 15.2. The van der Waals surface area contributed by atoms with Crippen molar-refractivity contribution >= 4 is 44.8 Å². The fourth-order valence-corrected chi connectivity index (χ4v) is 4.98. The molecule has 0 aromatic heterocycles. The predicted octanol–water partition coefficient (Wildman–Crippen LogP) is 3.73. The van der Waals surface area contributed by atoms with E-state index in [0.717, 1.165) is 22.5 Å². The number of fused-ring (bicyclic) bond motifs is 1. The molecule has 3 rings (SSSR count).